The molecule has 1 unspecified atom stereocenters. The summed E-state index contributed by atoms with van der Waals surface area (Å²) in [6.45, 7) is 3.96. The Hall–Kier alpha value is -1.06. The molecule has 13 heavy (non-hydrogen) atoms. The second-order valence-corrected chi connectivity index (χ2v) is 3.68. The van der Waals surface area contributed by atoms with Crippen LogP contribution < -0.4 is 11.1 Å². The lowest BCUT2D eigenvalue weighted by Crippen LogP contribution is -2.38. The van der Waals surface area contributed by atoms with Crippen molar-refractivity contribution < 1.29 is 4.79 Å². The third kappa shape index (κ3) is 2.20. The Kier molecular flexibility index (Phi) is 2.90. The molecule has 1 aliphatic rings. The number of aliphatic imine (C=N–C) groups is 1. The van der Waals surface area contributed by atoms with Gasteiger partial charge in [-0.05, 0) is 13.3 Å². The van der Waals surface area contributed by atoms with E-state index in [1.54, 1.807) is 0 Å². The van der Waals surface area contributed by atoms with E-state index in [1.165, 1.54) is 0 Å². The molecular formula is C9H17N3O. The first-order chi connectivity index (χ1) is 6.08. The van der Waals surface area contributed by atoms with Gasteiger partial charge in [-0.1, -0.05) is 26.2 Å². The normalized spacial score (nSPS) is 27.2. The summed E-state index contributed by atoms with van der Waals surface area (Å²) in [4.78, 5) is 15.5. The molecular weight excluding hydrogens is 166 g/mol. The van der Waals surface area contributed by atoms with Gasteiger partial charge in [0.15, 0.2) is 5.96 Å². The summed E-state index contributed by atoms with van der Waals surface area (Å²) in [5.74, 6) is 0.185. The van der Waals surface area contributed by atoms with Gasteiger partial charge in [0, 0.05) is 0 Å². The predicted octanol–water partition coefficient (Wildman–Crippen LogP) is 0.770. The van der Waals surface area contributed by atoms with Crippen molar-refractivity contribution in [3.63, 3.8) is 0 Å². The highest BCUT2D eigenvalue weighted by atomic mass is 16.2. The fraction of sp³-hybridized carbons (Fsp3) is 0.778. The van der Waals surface area contributed by atoms with Gasteiger partial charge < -0.3 is 5.73 Å². The molecule has 1 atom stereocenters. The van der Waals surface area contributed by atoms with Crippen molar-refractivity contribution in [2.75, 3.05) is 0 Å². The quantitative estimate of drug-likeness (QED) is 0.632. The summed E-state index contributed by atoms with van der Waals surface area (Å²) in [5.41, 5.74) is 4.81. The van der Waals surface area contributed by atoms with E-state index >= 15 is 0 Å². The van der Waals surface area contributed by atoms with Crippen molar-refractivity contribution in [1.82, 2.24) is 5.32 Å². The number of amides is 1. The van der Waals surface area contributed by atoms with E-state index < -0.39 is 5.54 Å². The molecule has 0 spiro atoms. The number of nitrogens with zero attached hydrogens (tertiary/aromatic N) is 1. The molecule has 1 rings (SSSR count). The van der Waals surface area contributed by atoms with Gasteiger partial charge in [-0.25, -0.2) is 4.99 Å². The maximum atomic E-state index is 11.4. The fourth-order valence-corrected chi connectivity index (χ4v) is 1.48. The SMILES string of the molecule is CCCCCC1(C)N=C(N)NC1=O. The second kappa shape index (κ2) is 3.77. The Bertz CT molecular complexity index is 237. The van der Waals surface area contributed by atoms with E-state index in [0.29, 0.717) is 0 Å². The molecule has 0 radical (unpaired) electrons. The summed E-state index contributed by atoms with van der Waals surface area (Å²) >= 11 is 0. The Labute approximate surface area is 78.6 Å². The monoisotopic (exact) mass is 183 g/mol. The van der Waals surface area contributed by atoms with Crippen molar-refractivity contribution >= 4 is 11.9 Å². The topological polar surface area (TPSA) is 67.5 Å². The number of guanidine groups is 1. The van der Waals surface area contributed by atoms with E-state index in [4.69, 9.17) is 5.73 Å². The molecule has 0 aromatic rings. The van der Waals surface area contributed by atoms with Crippen molar-refractivity contribution in [3.8, 4) is 0 Å². The average Bonchev–Trinajstić information content (AvgIpc) is 2.27. The maximum Gasteiger partial charge on any atom is 0.254 e. The summed E-state index contributed by atoms with van der Waals surface area (Å²) in [6.07, 6.45) is 4.10. The first-order valence-electron chi connectivity index (χ1n) is 4.75. The molecule has 0 aromatic carbocycles. The molecule has 74 valence electrons. The zero-order valence-electron chi connectivity index (χ0n) is 8.26. The van der Waals surface area contributed by atoms with Crippen molar-refractivity contribution in [3.05, 3.63) is 0 Å². The number of carbonyl (C=O) groups is 1. The highest BCUT2D eigenvalue weighted by molar-refractivity contribution is 6.06. The zero-order chi connectivity index (χ0) is 9.90. The van der Waals surface area contributed by atoms with E-state index in [9.17, 15) is 4.79 Å². The lowest BCUT2D eigenvalue weighted by atomic mass is 9.95. The van der Waals surface area contributed by atoms with E-state index in [-0.39, 0.29) is 11.9 Å². The van der Waals surface area contributed by atoms with Crippen molar-refractivity contribution in [2.24, 2.45) is 10.7 Å². The maximum absolute atomic E-state index is 11.4. The standard InChI is InChI=1S/C9H17N3O/c1-3-4-5-6-9(2)7(13)11-8(10)12-9/h3-6H2,1-2H3,(H3,10,11,12,13). The molecule has 1 heterocycles. The first-order valence-corrected chi connectivity index (χ1v) is 4.75. The van der Waals surface area contributed by atoms with Gasteiger partial charge in [-0.3, -0.25) is 10.1 Å². The molecule has 0 aromatic heterocycles. The molecule has 0 bridgehead atoms. The van der Waals surface area contributed by atoms with E-state index in [2.05, 4.69) is 17.2 Å². The first kappa shape index (κ1) is 10.0. The lowest BCUT2D eigenvalue weighted by Gasteiger charge is -2.16. The summed E-state index contributed by atoms with van der Waals surface area (Å²) in [6, 6.07) is 0. The molecule has 0 fully saturated rings. The minimum absolute atomic E-state index is 0.0684. The molecule has 0 aliphatic carbocycles. The van der Waals surface area contributed by atoms with Gasteiger partial charge in [0.25, 0.3) is 5.91 Å². The van der Waals surface area contributed by atoms with Gasteiger partial charge in [-0.15, -0.1) is 0 Å². The predicted molar refractivity (Wildman–Crippen MR) is 52.3 cm³/mol. The van der Waals surface area contributed by atoms with Gasteiger partial charge in [0.1, 0.15) is 5.54 Å². The number of carbonyl (C=O) groups excluding carboxylic acids is 1. The number of hydrogen-bond acceptors (Lipinski definition) is 3. The van der Waals surface area contributed by atoms with Gasteiger partial charge >= 0.3 is 0 Å². The third-order valence-electron chi connectivity index (χ3n) is 2.37. The van der Waals surface area contributed by atoms with Gasteiger partial charge in [-0.2, -0.15) is 0 Å². The average molecular weight is 183 g/mol. The summed E-state index contributed by atoms with van der Waals surface area (Å²) in [7, 11) is 0. The summed E-state index contributed by atoms with van der Waals surface area (Å²) in [5, 5.41) is 2.52. The number of hydrogen-bond donors (Lipinski definition) is 2. The smallest absolute Gasteiger partial charge is 0.254 e. The minimum Gasteiger partial charge on any atom is -0.370 e. The molecule has 3 N–H and O–H groups in total. The van der Waals surface area contributed by atoms with Crippen molar-refractivity contribution in [1.29, 1.82) is 0 Å². The largest absolute Gasteiger partial charge is 0.370 e. The second-order valence-electron chi connectivity index (χ2n) is 3.68. The minimum atomic E-state index is -0.612. The Morgan fingerprint density at radius 2 is 2.23 bits per heavy atom. The van der Waals surface area contributed by atoms with Crippen LogP contribution in [0.1, 0.15) is 39.5 Å². The van der Waals surface area contributed by atoms with E-state index in [0.717, 1.165) is 25.7 Å². The van der Waals surface area contributed by atoms with Crippen LogP contribution in [0.3, 0.4) is 0 Å². The van der Waals surface area contributed by atoms with Crippen LogP contribution in [0.2, 0.25) is 0 Å². The lowest BCUT2D eigenvalue weighted by molar-refractivity contribution is -0.123. The highest BCUT2D eigenvalue weighted by Gasteiger charge is 2.37. The fourth-order valence-electron chi connectivity index (χ4n) is 1.48. The number of nitrogens with one attached hydrogen (secondary N) is 1. The molecule has 0 saturated heterocycles. The van der Waals surface area contributed by atoms with Gasteiger partial charge in [0.05, 0.1) is 0 Å². The Morgan fingerprint density at radius 3 is 2.69 bits per heavy atom. The molecule has 1 aliphatic heterocycles. The molecule has 4 heteroatoms. The zero-order valence-corrected chi connectivity index (χ0v) is 8.26. The Morgan fingerprint density at radius 1 is 1.54 bits per heavy atom. The summed E-state index contributed by atoms with van der Waals surface area (Å²) < 4.78 is 0. The number of nitrogens with two attached hydrogens (primary N) is 1. The molecule has 4 nitrogen and oxygen atoms in total. The third-order valence-corrected chi connectivity index (χ3v) is 2.37. The van der Waals surface area contributed by atoms with Crippen LogP contribution in [-0.4, -0.2) is 17.4 Å². The van der Waals surface area contributed by atoms with Crippen LogP contribution in [-0.2, 0) is 4.79 Å². The highest BCUT2D eigenvalue weighted by Crippen LogP contribution is 2.22. The molecule has 0 saturated carbocycles. The number of rotatable bonds is 4. The van der Waals surface area contributed by atoms with Crippen LogP contribution in [0.15, 0.2) is 4.99 Å². The van der Waals surface area contributed by atoms with Crippen LogP contribution >= 0.6 is 0 Å². The van der Waals surface area contributed by atoms with Crippen LogP contribution in [0.4, 0.5) is 0 Å². The Balaban J connectivity index is 2.50. The number of unbranched alkanes of at least 4 members (excludes halogenated alkanes) is 2. The van der Waals surface area contributed by atoms with E-state index in [1.807, 2.05) is 6.92 Å². The molecule has 1 amide bonds. The van der Waals surface area contributed by atoms with Crippen LogP contribution in [0.25, 0.3) is 0 Å². The van der Waals surface area contributed by atoms with Gasteiger partial charge in [0.2, 0.25) is 0 Å². The van der Waals surface area contributed by atoms with Crippen molar-refractivity contribution in [2.45, 2.75) is 45.1 Å². The van der Waals surface area contributed by atoms with Crippen LogP contribution in [0, 0.1) is 0 Å². The van der Waals surface area contributed by atoms with Crippen LogP contribution in [0.5, 0.6) is 0 Å².